The van der Waals surface area contributed by atoms with Gasteiger partial charge >= 0.3 is 0 Å². The second-order valence-corrected chi connectivity index (χ2v) is 8.63. The highest BCUT2D eigenvalue weighted by molar-refractivity contribution is 6.42. The maximum absolute atomic E-state index is 13.7. The van der Waals surface area contributed by atoms with Gasteiger partial charge in [-0.05, 0) is 56.6 Å². The van der Waals surface area contributed by atoms with Gasteiger partial charge in [0, 0.05) is 21.5 Å². The number of benzene rings is 7. The van der Waals surface area contributed by atoms with Crippen LogP contribution in [-0.4, -0.2) is 14.2 Å². The Kier molecular flexibility index (Phi) is 3.67. The monoisotopic (exact) mass is 442 g/mol. The van der Waals surface area contributed by atoms with Crippen LogP contribution in [0.5, 0.6) is 11.5 Å². The Morgan fingerprint density at radius 3 is 1.18 bits per heavy atom. The molecular weight excluding hydrogens is 424 g/mol. The summed E-state index contributed by atoms with van der Waals surface area (Å²) in [6, 6.07) is 23.0. The second kappa shape index (κ2) is 6.55. The van der Waals surface area contributed by atoms with Gasteiger partial charge in [-0.2, -0.15) is 0 Å². The summed E-state index contributed by atoms with van der Waals surface area (Å²) in [5.41, 5.74) is -0.1000. The van der Waals surface area contributed by atoms with Crippen LogP contribution in [0.15, 0.2) is 82.4 Å². The maximum Gasteiger partial charge on any atom is 0.198 e. The van der Waals surface area contributed by atoms with E-state index < -0.39 is 0 Å². The number of ether oxygens (including phenoxy) is 2. The zero-order valence-corrected chi connectivity index (χ0v) is 18.6. The molecule has 0 heterocycles. The van der Waals surface area contributed by atoms with Crippen LogP contribution in [0.3, 0.4) is 0 Å². The molecular formula is C30H18O4. The first-order valence-electron chi connectivity index (χ1n) is 11.1. The van der Waals surface area contributed by atoms with Gasteiger partial charge in [-0.3, -0.25) is 9.59 Å². The first-order valence-corrected chi connectivity index (χ1v) is 11.1. The predicted octanol–water partition coefficient (Wildman–Crippen LogP) is 6.22. The average molecular weight is 442 g/mol. The standard InChI is InChI=1S/C30H18O4/c1-33-21-13-11-19-24-16-8-4-6-10-18(16)30(32)28-22(34-2)14-12-20(26(24)28)23-15-7-3-5-9-17(15)29(31)27(21)25(19)23/h3-14H,1-2H3. The van der Waals surface area contributed by atoms with Crippen LogP contribution < -0.4 is 20.3 Å². The Balaban J connectivity index is 2.00. The molecule has 4 nitrogen and oxygen atoms in total. The second-order valence-electron chi connectivity index (χ2n) is 8.63. The molecule has 0 atom stereocenters. The summed E-state index contributed by atoms with van der Waals surface area (Å²) in [6.45, 7) is 0. The molecule has 0 N–H and O–H groups in total. The highest BCUT2D eigenvalue weighted by atomic mass is 16.5. The molecule has 7 aromatic carbocycles. The molecule has 0 unspecified atom stereocenters. The Labute approximate surface area is 193 Å². The lowest BCUT2D eigenvalue weighted by molar-refractivity contribution is 0.419. The van der Waals surface area contributed by atoms with Crippen molar-refractivity contribution in [3.05, 3.63) is 93.2 Å². The minimum Gasteiger partial charge on any atom is -0.496 e. The predicted molar refractivity (Wildman–Crippen MR) is 139 cm³/mol. The molecule has 0 aromatic heterocycles. The lowest BCUT2D eigenvalue weighted by Gasteiger charge is -2.19. The van der Waals surface area contributed by atoms with Gasteiger partial charge in [-0.1, -0.05) is 48.5 Å². The summed E-state index contributed by atoms with van der Waals surface area (Å²) < 4.78 is 11.3. The number of hydrogen-bond acceptors (Lipinski definition) is 4. The highest BCUT2D eigenvalue weighted by Crippen LogP contribution is 2.47. The van der Waals surface area contributed by atoms with Gasteiger partial charge in [-0.15, -0.1) is 0 Å². The maximum atomic E-state index is 13.7. The minimum atomic E-state index is -0.0500. The van der Waals surface area contributed by atoms with E-state index in [0.29, 0.717) is 33.0 Å². The van der Waals surface area contributed by atoms with Gasteiger partial charge < -0.3 is 9.47 Å². The summed E-state index contributed by atoms with van der Waals surface area (Å²) in [7, 11) is 3.18. The fourth-order valence-corrected chi connectivity index (χ4v) is 5.79. The van der Waals surface area contributed by atoms with Gasteiger partial charge in [0.2, 0.25) is 0 Å². The van der Waals surface area contributed by atoms with Crippen LogP contribution in [-0.2, 0) is 0 Å². The van der Waals surface area contributed by atoms with Gasteiger partial charge in [-0.25, -0.2) is 0 Å². The van der Waals surface area contributed by atoms with E-state index in [0.717, 1.165) is 43.1 Å². The van der Waals surface area contributed by atoms with Crippen LogP contribution in [0, 0.1) is 0 Å². The van der Waals surface area contributed by atoms with Gasteiger partial charge in [0.1, 0.15) is 11.5 Å². The van der Waals surface area contributed by atoms with Gasteiger partial charge in [0.15, 0.2) is 10.9 Å². The Bertz CT molecular complexity index is 1920. The average Bonchev–Trinajstić information content (AvgIpc) is 2.89. The number of rotatable bonds is 2. The number of hydrogen-bond donors (Lipinski definition) is 0. The van der Waals surface area contributed by atoms with E-state index in [-0.39, 0.29) is 10.9 Å². The van der Waals surface area contributed by atoms with Crippen LogP contribution in [0.4, 0.5) is 0 Å². The topological polar surface area (TPSA) is 52.6 Å². The SMILES string of the molecule is COc1ccc2c3c1c(=O)c1ccccc1c3c1ccc(OC)c3c(=O)c4ccccc4c2c31. The lowest BCUT2D eigenvalue weighted by Crippen LogP contribution is -2.08. The Hall–Kier alpha value is -4.44. The molecule has 0 aliphatic heterocycles. The van der Waals surface area contributed by atoms with E-state index in [2.05, 4.69) is 0 Å². The molecule has 0 saturated heterocycles. The quantitative estimate of drug-likeness (QED) is 0.236. The third-order valence-corrected chi connectivity index (χ3v) is 7.15. The molecule has 0 aliphatic carbocycles. The molecule has 0 bridgehead atoms. The summed E-state index contributed by atoms with van der Waals surface area (Å²) in [5.74, 6) is 1.10. The fraction of sp³-hybridized carbons (Fsp3) is 0.0667. The molecule has 4 heteroatoms. The molecule has 0 amide bonds. The van der Waals surface area contributed by atoms with Crippen molar-refractivity contribution in [1.82, 2.24) is 0 Å². The molecule has 7 rings (SSSR count). The largest absolute Gasteiger partial charge is 0.496 e. The highest BCUT2D eigenvalue weighted by Gasteiger charge is 2.24. The van der Waals surface area contributed by atoms with Crippen LogP contribution >= 0.6 is 0 Å². The normalized spacial score (nSPS) is 12.1. The Morgan fingerprint density at radius 2 is 0.794 bits per heavy atom. The van der Waals surface area contributed by atoms with Crippen molar-refractivity contribution in [2.45, 2.75) is 0 Å². The van der Waals surface area contributed by atoms with E-state index in [1.165, 1.54) is 0 Å². The van der Waals surface area contributed by atoms with E-state index in [9.17, 15) is 9.59 Å². The van der Waals surface area contributed by atoms with Crippen molar-refractivity contribution in [2.75, 3.05) is 14.2 Å². The third kappa shape index (κ3) is 2.13. The first kappa shape index (κ1) is 19.1. The summed E-state index contributed by atoms with van der Waals surface area (Å²) in [6.07, 6.45) is 0. The number of methoxy groups -OCH3 is 2. The zero-order chi connectivity index (χ0) is 23.1. The van der Waals surface area contributed by atoms with Crippen molar-refractivity contribution in [3.8, 4) is 11.5 Å². The van der Waals surface area contributed by atoms with Gasteiger partial charge in [0.25, 0.3) is 0 Å². The molecule has 34 heavy (non-hydrogen) atoms. The first-order chi connectivity index (χ1) is 16.7. The summed E-state index contributed by atoms with van der Waals surface area (Å²) >= 11 is 0. The Morgan fingerprint density at radius 1 is 0.412 bits per heavy atom. The molecule has 0 aliphatic rings. The minimum absolute atomic E-state index is 0.0500. The summed E-state index contributed by atoms with van der Waals surface area (Å²) in [5, 5.41) is 9.63. The molecule has 0 spiro atoms. The smallest absolute Gasteiger partial charge is 0.198 e. The molecule has 0 radical (unpaired) electrons. The van der Waals surface area contributed by atoms with Crippen molar-refractivity contribution in [1.29, 1.82) is 0 Å². The lowest BCUT2D eigenvalue weighted by atomic mass is 9.84. The van der Waals surface area contributed by atoms with Crippen LogP contribution in [0.2, 0.25) is 0 Å². The molecule has 0 fully saturated rings. The van der Waals surface area contributed by atoms with Crippen molar-refractivity contribution in [3.63, 3.8) is 0 Å². The number of fused-ring (bicyclic) bond motifs is 6. The molecule has 7 aromatic rings. The van der Waals surface area contributed by atoms with Gasteiger partial charge in [0.05, 0.1) is 25.0 Å². The molecule has 162 valence electrons. The van der Waals surface area contributed by atoms with E-state index in [4.69, 9.17) is 9.47 Å². The van der Waals surface area contributed by atoms with E-state index in [1.807, 2.05) is 72.8 Å². The van der Waals surface area contributed by atoms with Crippen LogP contribution in [0.25, 0.3) is 64.6 Å². The van der Waals surface area contributed by atoms with Crippen LogP contribution in [0.1, 0.15) is 0 Å². The van der Waals surface area contributed by atoms with Crippen molar-refractivity contribution >= 4 is 64.6 Å². The molecule has 0 saturated carbocycles. The fourth-order valence-electron chi connectivity index (χ4n) is 5.79. The third-order valence-electron chi connectivity index (χ3n) is 7.15. The van der Waals surface area contributed by atoms with E-state index >= 15 is 0 Å². The van der Waals surface area contributed by atoms with E-state index in [1.54, 1.807) is 14.2 Å². The zero-order valence-electron chi connectivity index (χ0n) is 18.6. The summed E-state index contributed by atoms with van der Waals surface area (Å²) in [4.78, 5) is 27.5. The van der Waals surface area contributed by atoms with Crippen molar-refractivity contribution in [2.24, 2.45) is 0 Å². The van der Waals surface area contributed by atoms with Crippen molar-refractivity contribution < 1.29 is 9.47 Å².